The van der Waals surface area contributed by atoms with Gasteiger partial charge in [-0.1, -0.05) is 25.5 Å². The SMILES string of the molecule is CC(C)=CCCC(C)CC(=O)OCC1=C2C(=CC3(C)CCC(O)(O3)[C@H](C)C[C@@H]2O)OC1=O. The van der Waals surface area contributed by atoms with Crippen molar-refractivity contribution in [2.45, 2.75) is 90.6 Å². The fourth-order valence-corrected chi connectivity index (χ4v) is 4.63. The Hall–Kier alpha value is -1.96. The number of fused-ring (bicyclic) bond motifs is 3. The zero-order chi connectivity index (χ0) is 23.7. The molecule has 0 radical (unpaired) electrons. The third-order valence-corrected chi connectivity index (χ3v) is 6.65. The van der Waals surface area contributed by atoms with E-state index in [4.69, 9.17) is 14.2 Å². The van der Waals surface area contributed by atoms with E-state index in [9.17, 15) is 19.8 Å². The highest BCUT2D eigenvalue weighted by molar-refractivity contribution is 5.95. The number of rotatable bonds is 7. The monoisotopic (exact) mass is 448 g/mol. The fraction of sp³-hybridized carbons (Fsp3) is 0.680. The van der Waals surface area contributed by atoms with E-state index < -0.39 is 23.5 Å². The number of hydrogen-bond donors (Lipinski definition) is 2. The van der Waals surface area contributed by atoms with Crippen molar-refractivity contribution in [3.63, 3.8) is 0 Å². The fourth-order valence-electron chi connectivity index (χ4n) is 4.63. The van der Waals surface area contributed by atoms with Crippen molar-refractivity contribution >= 4 is 11.9 Å². The zero-order valence-electron chi connectivity index (χ0n) is 19.8. The minimum atomic E-state index is -1.34. The number of aliphatic hydroxyl groups is 2. The van der Waals surface area contributed by atoms with Gasteiger partial charge in [-0.2, -0.15) is 0 Å². The summed E-state index contributed by atoms with van der Waals surface area (Å²) in [6, 6.07) is 0. The Kier molecular flexibility index (Phi) is 7.32. The number of carbonyl (C=O) groups is 2. The molecular weight excluding hydrogens is 412 g/mol. The molecule has 1 saturated heterocycles. The Morgan fingerprint density at radius 2 is 2.09 bits per heavy atom. The Labute approximate surface area is 190 Å². The lowest BCUT2D eigenvalue weighted by molar-refractivity contribution is -0.238. The van der Waals surface area contributed by atoms with Gasteiger partial charge in [0, 0.05) is 24.3 Å². The second-order valence-electron chi connectivity index (χ2n) is 10.0. The van der Waals surface area contributed by atoms with Gasteiger partial charge in [0.25, 0.3) is 0 Å². The average Bonchev–Trinajstić information content (AvgIpc) is 3.16. The van der Waals surface area contributed by atoms with Crippen molar-refractivity contribution in [1.29, 1.82) is 0 Å². The second-order valence-corrected chi connectivity index (χ2v) is 10.0. The van der Waals surface area contributed by atoms with Crippen LogP contribution in [0.3, 0.4) is 0 Å². The molecule has 7 heteroatoms. The normalized spacial score (nSPS) is 32.8. The van der Waals surface area contributed by atoms with E-state index in [1.165, 1.54) is 5.57 Å². The largest absolute Gasteiger partial charge is 0.460 e. The molecule has 5 atom stereocenters. The van der Waals surface area contributed by atoms with Crippen LogP contribution in [0.15, 0.2) is 34.6 Å². The van der Waals surface area contributed by atoms with Gasteiger partial charge in [0.15, 0.2) is 5.79 Å². The second kappa shape index (κ2) is 9.49. The summed E-state index contributed by atoms with van der Waals surface area (Å²) in [4.78, 5) is 24.9. The molecule has 3 unspecified atom stereocenters. The van der Waals surface area contributed by atoms with Crippen LogP contribution in [-0.4, -0.2) is 46.3 Å². The van der Waals surface area contributed by atoms with E-state index in [0.717, 1.165) is 12.8 Å². The van der Waals surface area contributed by atoms with Crippen molar-refractivity contribution in [2.75, 3.05) is 6.61 Å². The quantitative estimate of drug-likeness (QED) is 0.452. The first-order valence-electron chi connectivity index (χ1n) is 11.5. The first-order valence-corrected chi connectivity index (χ1v) is 11.5. The highest BCUT2D eigenvalue weighted by Gasteiger charge is 2.51. The molecule has 0 aromatic carbocycles. The summed E-state index contributed by atoms with van der Waals surface area (Å²) in [5.41, 5.74) is 0.905. The molecule has 3 rings (SSSR count). The van der Waals surface area contributed by atoms with Gasteiger partial charge in [0.1, 0.15) is 12.4 Å². The highest BCUT2D eigenvalue weighted by atomic mass is 16.6. The Morgan fingerprint density at radius 1 is 1.38 bits per heavy atom. The van der Waals surface area contributed by atoms with Gasteiger partial charge < -0.3 is 24.4 Å². The number of hydrogen-bond acceptors (Lipinski definition) is 7. The predicted octanol–water partition coefficient (Wildman–Crippen LogP) is 3.70. The van der Waals surface area contributed by atoms with E-state index in [0.29, 0.717) is 18.4 Å². The Bertz CT molecular complexity index is 850. The summed E-state index contributed by atoms with van der Waals surface area (Å²) in [7, 11) is 0. The molecule has 3 aliphatic heterocycles. The van der Waals surface area contributed by atoms with Crippen LogP contribution in [0.4, 0.5) is 0 Å². The molecule has 3 aliphatic rings. The Balaban J connectivity index is 1.73. The average molecular weight is 449 g/mol. The number of ether oxygens (including phenoxy) is 3. The van der Waals surface area contributed by atoms with Crippen LogP contribution in [0.2, 0.25) is 0 Å². The van der Waals surface area contributed by atoms with Crippen molar-refractivity contribution in [1.82, 2.24) is 0 Å². The molecule has 0 spiro atoms. The zero-order valence-corrected chi connectivity index (χ0v) is 19.8. The van der Waals surface area contributed by atoms with Crippen LogP contribution in [0.1, 0.15) is 73.1 Å². The molecule has 0 aromatic heterocycles. The lowest BCUT2D eigenvalue weighted by atomic mass is 9.86. The van der Waals surface area contributed by atoms with Crippen molar-refractivity contribution < 1.29 is 34.0 Å². The summed E-state index contributed by atoms with van der Waals surface area (Å²) in [6.45, 7) is 9.47. The molecule has 3 heterocycles. The summed E-state index contributed by atoms with van der Waals surface area (Å²) in [5, 5.41) is 21.8. The summed E-state index contributed by atoms with van der Waals surface area (Å²) < 4.78 is 16.8. The topological polar surface area (TPSA) is 102 Å². The first kappa shape index (κ1) is 24.7. The van der Waals surface area contributed by atoms with Gasteiger partial charge in [-0.25, -0.2) is 4.79 Å². The maximum Gasteiger partial charge on any atom is 0.343 e. The third kappa shape index (κ3) is 5.50. The van der Waals surface area contributed by atoms with Gasteiger partial charge in [-0.05, 0) is 58.4 Å². The van der Waals surface area contributed by atoms with Crippen LogP contribution in [0.5, 0.6) is 0 Å². The van der Waals surface area contributed by atoms with Gasteiger partial charge in [-0.15, -0.1) is 0 Å². The van der Waals surface area contributed by atoms with Crippen LogP contribution in [0, 0.1) is 11.8 Å². The first-order chi connectivity index (χ1) is 14.9. The number of carbonyl (C=O) groups excluding carboxylic acids is 2. The molecular formula is C25H36O7. The predicted molar refractivity (Wildman–Crippen MR) is 118 cm³/mol. The van der Waals surface area contributed by atoms with Crippen LogP contribution >= 0.6 is 0 Å². The van der Waals surface area contributed by atoms with Crippen molar-refractivity contribution in [2.24, 2.45) is 11.8 Å². The van der Waals surface area contributed by atoms with Crippen molar-refractivity contribution in [3.05, 3.63) is 34.6 Å². The van der Waals surface area contributed by atoms with E-state index in [-0.39, 0.29) is 48.6 Å². The summed E-state index contributed by atoms with van der Waals surface area (Å²) >= 11 is 0. The minimum absolute atomic E-state index is 0.148. The molecule has 0 aromatic rings. The van der Waals surface area contributed by atoms with E-state index in [1.807, 2.05) is 34.6 Å². The molecule has 32 heavy (non-hydrogen) atoms. The highest BCUT2D eigenvalue weighted by Crippen LogP contribution is 2.47. The van der Waals surface area contributed by atoms with Crippen LogP contribution < -0.4 is 0 Å². The number of esters is 2. The molecule has 0 saturated carbocycles. The Morgan fingerprint density at radius 3 is 2.78 bits per heavy atom. The van der Waals surface area contributed by atoms with E-state index in [1.54, 1.807) is 6.08 Å². The third-order valence-electron chi connectivity index (χ3n) is 6.65. The maximum absolute atomic E-state index is 12.6. The van der Waals surface area contributed by atoms with Gasteiger partial charge >= 0.3 is 11.9 Å². The molecule has 2 N–H and O–H groups in total. The van der Waals surface area contributed by atoms with E-state index in [2.05, 4.69) is 6.08 Å². The lowest BCUT2D eigenvalue weighted by Gasteiger charge is -2.32. The standard InChI is InChI=1S/C25H36O7/c1-15(2)7-6-8-16(3)11-21(27)30-14-18-22-19(26)12-17(4)25(29)10-9-24(5,32-25)13-20(22)31-23(18)28/h7,13,16-17,19,26,29H,6,8-12,14H2,1-5H3/t16?,17-,19+,24?,25?/m1/s1. The van der Waals surface area contributed by atoms with Crippen molar-refractivity contribution in [3.8, 4) is 0 Å². The summed E-state index contributed by atoms with van der Waals surface area (Å²) in [6.07, 6.45) is 5.98. The van der Waals surface area contributed by atoms with Gasteiger partial charge in [0.05, 0.1) is 17.3 Å². The summed E-state index contributed by atoms with van der Waals surface area (Å²) in [5.74, 6) is -2.33. The van der Waals surface area contributed by atoms with Crippen LogP contribution in [0.25, 0.3) is 0 Å². The smallest absolute Gasteiger partial charge is 0.343 e. The molecule has 0 aliphatic carbocycles. The minimum Gasteiger partial charge on any atom is -0.460 e. The van der Waals surface area contributed by atoms with Gasteiger partial charge in [-0.3, -0.25) is 4.79 Å². The molecule has 2 bridgehead atoms. The molecule has 178 valence electrons. The van der Waals surface area contributed by atoms with E-state index >= 15 is 0 Å². The molecule has 0 amide bonds. The molecule has 7 nitrogen and oxygen atoms in total. The number of aliphatic hydroxyl groups excluding tert-OH is 1. The van der Waals surface area contributed by atoms with Crippen LogP contribution in [-0.2, 0) is 23.8 Å². The van der Waals surface area contributed by atoms with Gasteiger partial charge in [0.2, 0.25) is 0 Å². The maximum atomic E-state index is 12.6. The molecule has 1 fully saturated rings. The number of allylic oxidation sites excluding steroid dienone is 2. The lowest BCUT2D eigenvalue weighted by Crippen LogP contribution is -2.39.